The molecular formula is C22H26N8O. The van der Waals surface area contributed by atoms with Gasteiger partial charge in [0.25, 0.3) is 0 Å². The first kappa shape index (κ1) is 19.3. The van der Waals surface area contributed by atoms with Crippen molar-refractivity contribution in [1.82, 2.24) is 29.4 Å². The molecule has 1 aliphatic carbocycles. The molecule has 1 fully saturated rings. The van der Waals surface area contributed by atoms with E-state index in [0.717, 1.165) is 28.4 Å². The third-order valence-electron chi connectivity index (χ3n) is 5.58. The minimum absolute atomic E-state index is 0.464. The van der Waals surface area contributed by atoms with E-state index in [-0.39, 0.29) is 0 Å². The Balaban J connectivity index is 1.48. The molecule has 4 aromatic rings. The van der Waals surface area contributed by atoms with E-state index in [4.69, 9.17) is 9.72 Å². The molecule has 1 aromatic carbocycles. The third kappa shape index (κ3) is 3.90. The van der Waals surface area contributed by atoms with Crippen LogP contribution in [0.25, 0.3) is 16.9 Å². The number of fused-ring (bicyclic) bond motifs is 1. The fourth-order valence-electron chi connectivity index (χ4n) is 4.06. The highest BCUT2D eigenvalue weighted by Gasteiger charge is 2.18. The van der Waals surface area contributed by atoms with Gasteiger partial charge in [-0.2, -0.15) is 4.98 Å². The first-order valence-corrected chi connectivity index (χ1v) is 10.7. The summed E-state index contributed by atoms with van der Waals surface area (Å²) in [5.74, 6) is 2.85. The molecule has 160 valence electrons. The number of aryl methyl sites for hydroxylation is 1. The van der Waals surface area contributed by atoms with Crippen molar-refractivity contribution < 1.29 is 4.74 Å². The van der Waals surface area contributed by atoms with Gasteiger partial charge in [0.15, 0.2) is 11.6 Å². The molecule has 0 radical (unpaired) electrons. The highest BCUT2D eigenvalue weighted by molar-refractivity contribution is 5.73. The van der Waals surface area contributed by atoms with Crippen LogP contribution in [0.3, 0.4) is 0 Å². The lowest BCUT2D eigenvalue weighted by atomic mass is 10.1. The molecule has 1 saturated carbocycles. The maximum absolute atomic E-state index is 5.90. The molecular weight excluding hydrogens is 392 g/mol. The Morgan fingerprint density at radius 3 is 2.84 bits per heavy atom. The summed E-state index contributed by atoms with van der Waals surface area (Å²) in [5, 5.41) is 19.7. The molecule has 1 aliphatic rings. The molecule has 0 unspecified atom stereocenters. The van der Waals surface area contributed by atoms with Crippen molar-refractivity contribution in [3.05, 3.63) is 42.9 Å². The summed E-state index contributed by atoms with van der Waals surface area (Å²) in [6, 6.07) is 10.4. The monoisotopic (exact) mass is 418 g/mol. The van der Waals surface area contributed by atoms with Gasteiger partial charge in [-0.3, -0.25) is 0 Å². The fourth-order valence-corrected chi connectivity index (χ4v) is 4.06. The molecule has 9 nitrogen and oxygen atoms in total. The number of hydrogen-bond donors (Lipinski definition) is 2. The topological polar surface area (TPSA) is 94.2 Å². The van der Waals surface area contributed by atoms with E-state index in [1.165, 1.54) is 25.7 Å². The molecule has 0 spiro atoms. The van der Waals surface area contributed by atoms with Crippen LogP contribution in [0.15, 0.2) is 42.9 Å². The largest absolute Gasteiger partial charge is 0.492 e. The summed E-state index contributed by atoms with van der Waals surface area (Å²) >= 11 is 0. The second-order valence-corrected chi connectivity index (χ2v) is 7.78. The van der Waals surface area contributed by atoms with Gasteiger partial charge in [-0.25, -0.2) is 4.52 Å². The van der Waals surface area contributed by atoms with Crippen LogP contribution in [0.1, 0.15) is 32.6 Å². The van der Waals surface area contributed by atoms with Crippen LogP contribution in [0.4, 0.5) is 17.5 Å². The number of nitrogens with one attached hydrogen (secondary N) is 2. The smallest absolute Gasteiger partial charge is 0.247 e. The van der Waals surface area contributed by atoms with Gasteiger partial charge in [0.2, 0.25) is 5.95 Å². The minimum atomic E-state index is 0.464. The number of benzene rings is 1. The molecule has 0 bridgehead atoms. The van der Waals surface area contributed by atoms with Gasteiger partial charge in [0, 0.05) is 24.8 Å². The molecule has 0 atom stereocenters. The minimum Gasteiger partial charge on any atom is -0.492 e. The van der Waals surface area contributed by atoms with Crippen molar-refractivity contribution in [3.8, 4) is 17.1 Å². The van der Waals surface area contributed by atoms with Crippen molar-refractivity contribution in [3.63, 3.8) is 0 Å². The second kappa shape index (κ2) is 8.25. The zero-order valence-corrected chi connectivity index (χ0v) is 17.7. The third-order valence-corrected chi connectivity index (χ3v) is 5.58. The molecule has 2 N–H and O–H groups in total. The lowest BCUT2D eigenvalue weighted by molar-refractivity contribution is 0.342. The first-order chi connectivity index (χ1) is 15.2. The highest BCUT2D eigenvalue weighted by Crippen LogP contribution is 2.32. The first-order valence-electron chi connectivity index (χ1n) is 10.7. The molecule has 3 heterocycles. The lowest BCUT2D eigenvalue weighted by Crippen LogP contribution is -2.17. The van der Waals surface area contributed by atoms with Crippen LogP contribution in [-0.2, 0) is 7.05 Å². The van der Waals surface area contributed by atoms with Crippen LogP contribution in [-0.4, -0.2) is 42.0 Å². The van der Waals surface area contributed by atoms with Crippen molar-refractivity contribution in [2.45, 2.75) is 38.6 Å². The molecule has 31 heavy (non-hydrogen) atoms. The summed E-state index contributed by atoms with van der Waals surface area (Å²) in [6.45, 7) is 2.51. The Morgan fingerprint density at radius 1 is 1.19 bits per heavy atom. The van der Waals surface area contributed by atoms with Gasteiger partial charge in [-0.1, -0.05) is 12.8 Å². The molecule has 0 amide bonds. The zero-order chi connectivity index (χ0) is 21.2. The number of hydrogen-bond acceptors (Lipinski definition) is 7. The summed E-state index contributed by atoms with van der Waals surface area (Å²) in [5.41, 5.74) is 2.70. The van der Waals surface area contributed by atoms with Crippen LogP contribution in [0, 0.1) is 0 Å². The summed E-state index contributed by atoms with van der Waals surface area (Å²) < 4.78 is 9.63. The number of nitrogens with zero attached hydrogens (tertiary/aromatic N) is 6. The van der Waals surface area contributed by atoms with Crippen molar-refractivity contribution in [2.75, 3.05) is 17.2 Å². The Morgan fingerprint density at radius 2 is 2.06 bits per heavy atom. The number of aromatic nitrogens is 6. The number of rotatable bonds is 7. The Labute approximate surface area is 180 Å². The highest BCUT2D eigenvalue weighted by atomic mass is 16.5. The number of ether oxygens (including phenoxy) is 1. The maximum atomic E-state index is 5.90. The molecule has 0 saturated heterocycles. The zero-order valence-electron chi connectivity index (χ0n) is 17.7. The average molecular weight is 419 g/mol. The fraction of sp³-hybridized carbons (Fsp3) is 0.364. The molecule has 9 heteroatoms. The van der Waals surface area contributed by atoms with Crippen LogP contribution in [0.2, 0.25) is 0 Å². The Bertz CT molecular complexity index is 1190. The van der Waals surface area contributed by atoms with Gasteiger partial charge in [0.05, 0.1) is 12.3 Å². The molecule has 0 aliphatic heterocycles. The van der Waals surface area contributed by atoms with Gasteiger partial charge in [-0.15, -0.1) is 15.3 Å². The van der Waals surface area contributed by atoms with Gasteiger partial charge in [0.1, 0.15) is 17.6 Å². The predicted octanol–water partition coefficient (Wildman–Crippen LogP) is 4.02. The van der Waals surface area contributed by atoms with Crippen LogP contribution in [0.5, 0.6) is 5.75 Å². The van der Waals surface area contributed by atoms with Gasteiger partial charge >= 0.3 is 0 Å². The Kier molecular flexibility index (Phi) is 5.15. The maximum Gasteiger partial charge on any atom is 0.247 e. The van der Waals surface area contributed by atoms with Gasteiger partial charge < -0.3 is 19.9 Å². The predicted molar refractivity (Wildman–Crippen MR) is 120 cm³/mol. The standard InChI is InChI=1S/C22H26N8O/c1-3-31-19-13-15(21-27-23-14-29(21)2)10-11-17(19)25-22-26-20(24-16-7-4-5-8-16)18-9-6-12-30(18)28-22/h6,9-14,16H,3-5,7-8H2,1-2H3,(H2,24,25,26,28). The Hall–Kier alpha value is -3.62. The quantitative estimate of drug-likeness (QED) is 0.468. The van der Waals surface area contributed by atoms with Crippen LogP contribution >= 0.6 is 0 Å². The van der Waals surface area contributed by atoms with E-state index in [9.17, 15) is 0 Å². The van der Waals surface area contributed by atoms with E-state index in [1.54, 1.807) is 6.33 Å². The lowest BCUT2D eigenvalue weighted by Gasteiger charge is -2.16. The number of anilines is 3. The normalized spacial score (nSPS) is 14.3. The summed E-state index contributed by atoms with van der Waals surface area (Å²) in [4.78, 5) is 4.78. The van der Waals surface area contributed by atoms with Crippen LogP contribution < -0.4 is 15.4 Å². The second-order valence-electron chi connectivity index (χ2n) is 7.78. The molecule has 3 aromatic heterocycles. The van der Waals surface area contributed by atoms with E-state index in [2.05, 4.69) is 25.9 Å². The van der Waals surface area contributed by atoms with E-state index in [0.29, 0.717) is 24.3 Å². The molecule has 5 rings (SSSR count). The van der Waals surface area contributed by atoms with Gasteiger partial charge in [-0.05, 0) is 50.1 Å². The van der Waals surface area contributed by atoms with Crippen molar-refractivity contribution >= 4 is 23.0 Å². The van der Waals surface area contributed by atoms with E-state index in [1.807, 2.05) is 59.6 Å². The SMILES string of the molecule is CCOc1cc(-c2nncn2C)ccc1Nc1nc(NC2CCCC2)c2cccn2n1. The van der Waals surface area contributed by atoms with Crippen molar-refractivity contribution in [2.24, 2.45) is 7.05 Å². The van der Waals surface area contributed by atoms with E-state index >= 15 is 0 Å². The van der Waals surface area contributed by atoms with E-state index < -0.39 is 0 Å². The van der Waals surface area contributed by atoms with Crippen molar-refractivity contribution in [1.29, 1.82) is 0 Å². The summed E-state index contributed by atoms with van der Waals surface area (Å²) in [6.07, 6.45) is 8.50. The summed E-state index contributed by atoms with van der Waals surface area (Å²) in [7, 11) is 1.92. The average Bonchev–Trinajstić information content (AvgIpc) is 3.52.